The molecule has 1 heterocycles. The Morgan fingerprint density at radius 1 is 0.947 bits per heavy atom. The van der Waals surface area contributed by atoms with Crippen molar-refractivity contribution >= 4 is 34.3 Å². The summed E-state index contributed by atoms with van der Waals surface area (Å²) in [6.45, 7) is 0. The van der Waals surface area contributed by atoms with Crippen LogP contribution in [-0.4, -0.2) is 9.97 Å². The van der Waals surface area contributed by atoms with Crippen LogP contribution in [0.5, 0.6) is 0 Å². The van der Waals surface area contributed by atoms with Crippen LogP contribution in [0.15, 0.2) is 59.9 Å². The molecule has 0 saturated carbocycles. The second kappa shape index (κ2) is 5.59. The highest BCUT2D eigenvalue weighted by Gasteiger charge is 2.05. The molecule has 0 unspecified atom stereocenters. The number of hydrogen-bond acceptors (Lipinski definition) is 3. The van der Waals surface area contributed by atoms with E-state index in [0.717, 1.165) is 32.3 Å². The summed E-state index contributed by atoms with van der Waals surface area (Å²) in [4.78, 5) is 8.62. The van der Waals surface area contributed by atoms with Gasteiger partial charge in [0, 0.05) is 16.2 Å². The van der Waals surface area contributed by atoms with Gasteiger partial charge in [0.1, 0.15) is 11.4 Å². The fourth-order valence-electron chi connectivity index (χ4n) is 1.86. The topological polar surface area (TPSA) is 25.8 Å². The molecule has 3 rings (SSSR count). The molecule has 0 aliphatic rings. The number of nitrogens with zero attached hydrogens (tertiary/aromatic N) is 2. The van der Waals surface area contributed by atoms with Gasteiger partial charge < -0.3 is 0 Å². The van der Waals surface area contributed by atoms with Crippen molar-refractivity contribution in [2.45, 2.75) is 10.8 Å². The molecule has 0 aliphatic heterocycles. The van der Waals surface area contributed by atoms with Gasteiger partial charge in [-0.1, -0.05) is 48.0 Å². The monoisotopic (exact) mass is 286 g/mol. The van der Waals surface area contributed by atoms with E-state index in [2.05, 4.69) is 9.97 Å². The van der Waals surface area contributed by atoms with Crippen LogP contribution in [0, 0.1) is 0 Å². The van der Waals surface area contributed by atoms with Crippen LogP contribution in [0.25, 0.3) is 10.9 Å². The molecule has 0 fully saturated rings. The quantitative estimate of drug-likeness (QED) is 0.521. The summed E-state index contributed by atoms with van der Waals surface area (Å²) < 4.78 is 0. The van der Waals surface area contributed by atoms with E-state index >= 15 is 0 Å². The third-order valence-electron chi connectivity index (χ3n) is 2.83. The molecule has 0 N–H and O–H groups in total. The van der Waals surface area contributed by atoms with Gasteiger partial charge in [-0.05, 0) is 17.7 Å². The maximum absolute atomic E-state index is 6.16. The second-order valence-electron chi connectivity index (χ2n) is 4.08. The highest BCUT2D eigenvalue weighted by Crippen LogP contribution is 2.29. The van der Waals surface area contributed by atoms with Crippen molar-refractivity contribution in [2.24, 2.45) is 0 Å². The lowest BCUT2D eigenvalue weighted by atomic mass is 10.2. The van der Waals surface area contributed by atoms with Crippen LogP contribution in [0.4, 0.5) is 0 Å². The molecule has 94 valence electrons. The van der Waals surface area contributed by atoms with E-state index in [0.29, 0.717) is 0 Å². The fraction of sp³-hybridized carbons (Fsp3) is 0.0667. The molecule has 4 heteroatoms. The lowest BCUT2D eigenvalue weighted by molar-refractivity contribution is 1.10. The summed E-state index contributed by atoms with van der Waals surface area (Å²) in [7, 11) is 0. The predicted octanol–water partition coefficient (Wildman–Crippen LogP) is 4.58. The van der Waals surface area contributed by atoms with Crippen molar-refractivity contribution in [3.8, 4) is 0 Å². The van der Waals surface area contributed by atoms with Gasteiger partial charge in [0.15, 0.2) is 0 Å². The van der Waals surface area contributed by atoms with Crippen LogP contribution in [0.2, 0.25) is 5.02 Å². The zero-order valence-electron chi connectivity index (χ0n) is 10.1. The van der Waals surface area contributed by atoms with Crippen LogP contribution in [0.1, 0.15) is 5.56 Å². The normalized spacial score (nSPS) is 10.8. The van der Waals surface area contributed by atoms with E-state index < -0.39 is 0 Å². The number of fused-ring (bicyclic) bond motifs is 1. The molecule has 0 spiro atoms. The molecular formula is C15H11ClN2S. The number of thioether (sulfide) groups is 1. The van der Waals surface area contributed by atoms with Gasteiger partial charge in [0.2, 0.25) is 0 Å². The maximum atomic E-state index is 6.16. The molecule has 3 aromatic rings. The van der Waals surface area contributed by atoms with Gasteiger partial charge in [-0.15, -0.1) is 11.8 Å². The third-order valence-corrected chi connectivity index (χ3v) is 4.25. The lowest BCUT2D eigenvalue weighted by Gasteiger charge is -2.05. The van der Waals surface area contributed by atoms with Gasteiger partial charge >= 0.3 is 0 Å². The van der Waals surface area contributed by atoms with Crippen molar-refractivity contribution in [3.63, 3.8) is 0 Å². The highest BCUT2D eigenvalue weighted by molar-refractivity contribution is 7.98. The first kappa shape index (κ1) is 12.5. The van der Waals surface area contributed by atoms with E-state index in [-0.39, 0.29) is 0 Å². The van der Waals surface area contributed by atoms with Gasteiger partial charge in [0.05, 0.1) is 5.52 Å². The second-order valence-corrected chi connectivity index (χ2v) is 5.45. The molecule has 0 amide bonds. The van der Waals surface area contributed by atoms with Gasteiger partial charge in [-0.3, -0.25) is 0 Å². The minimum absolute atomic E-state index is 0.799. The minimum atomic E-state index is 0.799. The van der Waals surface area contributed by atoms with Crippen LogP contribution < -0.4 is 0 Å². The third kappa shape index (κ3) is 2.72. The molecule has 0 saturated heterocycles. The Hall–Kier alpha value is -1.58. The average Bonchev–Trinajstić information content (AvgIpc) is 2.46. The van der Waals surface area contributed by atoms with Crippen molar-refractivity contribution in [2.75, 3.05) is 0 Å². The molecule has 19 heavy (non-hydrogen) atoms. The molecular weight excluding hydrogens is 276 g/mol. The number of halogens is 1. The Kier molecular flexibility index (Phi) is 3.67. The van der Waals surface area contributed by atoms with Crippen molar-refractivity contribution < 1.29 is 0 Å². The number of hydrogen-bond donors (Lipinski definition) is 0. The Balaban J connectivity index is 1.88. The summed E-state index contributed by atoms with van der Waals surface area (Å²) in [6.07, 6.45) is 1.61. The lowest BCUT2D eigenvalue weighted by Crippen LogP contribution is -1.88. The Labute approximate surface area is 120 Å². The smallest absolute Gasteiger partial charge is 0.117 e. The van der Waals surface area contributed by atoms with Crippen LogP contribution in [-0.2, 0) is 5.75 Å². The first-order valence-electron chi connectivity index (χ1n) is 5.90. The highest BCUT2D eigenvalue weighted by atomic mass is 35.5. The summed E-state index contributed by atoms with van der Waals surface area (Å²) >= 11 is 7.84. The van der Waals surface area contributed by atoms with Crippen molar-refractivity contribution in [1.29, 1.82) is 0 Å². The molecule has 1 aromatic heterocycles. The maximum Gasteiger partial charge on any atom is 0.117 e. The zero-order valence-corrected chi connectivity index (χ0v) is 11.7. The standard InChI is InChI=1S/C15H11ClN2S/c16-13-7-3-1-5-11(13)9-19-15-12-6-2-4-8-14(12)17-10-18-15/h1-8,10H,9H2. The zero-order chi connectivity index (χ0) is 13.1. The van der Waals surface area contributed by atoms with Gasteiger partial charge in [-0.2, -0.15) is 0 Å². The molecule has 0 bridgehead atoms. The predicted molar refractivity (Wildman–Crippen MR) is 80.6 cm³/mol. The molecule has 0 aliphatic carbocycles. The van der Waals surface area contributed by atoms with Crippen molar-refractivity contribution in [1.82, 2.24) is 9.97 Å². The van der Waals surface area contributed by atoms with Gasteiger partial charge in [0.25, 0.3) is 0 Å². The van der Waals surface area contributed by atoms with E-state index in [1.54, 1.807) is 18.1 Å². The molecule has 0 atom stereocenters. The SMILES string of the molecule is Clc1ccccc1CSc1ncnc2ccccc12. The Morgan fingerprint density at radius 3 is 2.63 bits per heavy atom. The largest absolute Gasteiger partial charge is 0.236 e. The van der Waals surface area contributed by atoms with E-state index in [4.69, 9.17) is 11.6 Å². The number of rotatable bonds is 3. The average molecular weight is 287 g/mol. The molecule has 0 radical (unpaired) electrons. The number of aromatic nitrogens is 2. The summed E-state index contributed by atoms with van der Waals surface area (Å²) in [6, 6.07) is 15.9. The minimum Gasteiger partial charge on any atom is -0.236 e. The Bertz CT molecular complexity index is 710. The number of benzene rings is 2. The van der Waals surface area contributed by atoms with Crippen LogP contribution >= 0.6 is 23.4 Å². The first-order chi connectivity index (χ1) is 9.34. The summed E-state index contributed by atoms with van der Waals surface area (Å²) in [5, 5.41) is 2.88. The van der Waals surface area contributed by atoms with E-state index in [9.17, 15) is 0 Å². The fourth-order valence-corrected chi connectivity index (χ4v) is 3.13. The van der Waals surface area contributed by atoms with Crippen molar-refractivity contribution in [3.05, 3.63) is 65.4 Å². The number of para-hydroxylation sites is 1. The van der Waals surface area contributed by atoms with E-state index in [1.165, 1.54) is 0 Å². The van der Waals surface area contributed by atoms with E-state index in [1.807, 2.05) is 48.5 Å². The first-order valence-corrected chi connectivity index (χ1v) is 7.27. The Morgan fingerprint density at radius 2 is 1.74 bits per heavy atom. The van der Waals surface area contributed by atoms with Gasteiger partial charge in [-0.25, -0.2) is 9.97 Å². The summed E-state index contributed by atoms with van der Waals surface area (Å²) in [5.74, 6) is 0.806. The molecule has 2 aromatic carbocycles. The summed E-state index contributed by atoms with van der Waals surface area (Å²) in [5.41, 5.74) is 2.09. The molecule has 2 nitrogen and oxygen atoms in total. The van der Waals surface area contributed by atoms with Crippen LogP contribution in [0.3, 0.4) is 0 Å².